The van der Waals surface area contributed by atoms with Gasteiger partial charge in [-0.2, -0.15) is 0 Å². The molecule has 1 amide bonds. The number of piperidine rings is 1. The standard InChI is InChI=1S/C11H22N2O4S/c12-11(15)3-6-18(16,17)7-5-13-4-1-2-10(8-13)9-14/h10,14H,1-9H2,(H2,12,15). The molecule has 1 atom stereocenters. The van der Waals surface area contributed by atoms with E-state index in [4.69, 9.17) is 10.8 Å². The van der Waals surface area contributed by atoms with Crippen molar-refractivity contribution in [2.45, 2.75) is 19.3 Å². The highest BCUT2D eigenvalue weighted by Crippen LogP contribution is 2.15. The minimum absolute atomic E-state index is 0.0540. The Bertz CT molecular complexity index is 369. The molecule has 18 heavy (non-hydrogen) atoms. The topological polar surface area (TPSA) is 101 Å². The van der Waals surface area contributed by atoms with Crippen LogP contribution in [0.4, 0.5) is 0 Å². The second kappa shape index (κ2) is 7.06. The van der Waals surface area contributed by atoms with Gasteiger partial charge < -0.3 is 15.7 Å². The first-order valence-corrected chi connectivity index (χ1v) is 8.07. The molecule has 6 nitrogen and oxygen atoms in total. The number of primary amides is 1. The van der Waals surface area contributed by atoms with Gasteiger partial charge in [0.15, 0.2) is 9.84 Å². The van der Waals surface area contributed by atoms with Crippen molar-refractivity contribution in [1.29, 1.82) is 0 Å². The summed E-state index contributed by atoms with van der Waals surface area (Å²) in [6, 6.07) is 0. The summed E-state index contributed by atoms with van der Waals surface area (Å²) in [5.41, 5.74) is 4.93. The summed E-state index contributed by atoms with van der Waals surface area (Å²) in [4.78, 5) is 12.6. The van der Waals surface area contributed by atoms with E-state index in [0.29, 0.717) is 6.54 Å². The number of hydrogen-bond acceptors (Lipinski definition) is 5. The minimum Gasteiger partial charge on any atom is -0.396 e. The van der Waals surface area contributed by atoms with Crippen LogP contribution in [0.3, 0.4) is 0 Å². The maximum atomic E-state index is 11.6. The summed E-state index contributed by atoms with van der Waals surface area (Å²) in [5.74, 6) is -0.443. The summed E-state index contributed by atoms with van der Waals surface area (Å²) >= 11 is 0. The predicted molar refractivity (Wildman–Crippen MR) is 68.7 cm³/mol. The third-order valence-corrected chi connectivity index (χ3v) is 4.87. The quantitative estimate of drug-likeness (QED) is 0.621. The maximum absolute atomic E-state index is 11.6. The lowest BCUT2D eigenvalue weighted by molar-refractivity contribution is -0.117. The van der Waals surface area contributed by atoms with Gasteiger partial charge in [0, 0.05) is 26.1 Å². The fourth-order valence-corrected chi connectivity index (χ4v) is 3.38. The number of likely N-dealkylation sites (tertiary alicyclic amines) is 1. The van der Waals surface area contributed by atoms with E-state index in [-0.39, 0.29) is 30.5 Å². The van der Waals surface area contributed by atoms with E-state index in [0.717, 1.165) is 25.9 Å². The first-order valence-electron chi connectivity index (χ1n) is 6.25. The molecule has 1 unspecified atom stereocenters. The molecule has 106 valence electrons. The van der Waals surface area contributed by atoms with Gasteiger partial charge in [-0.25, -0.2) is 8.42 Å². The first kappa shape index (κ1) is 15.4. The van der Waals surface area contributed by atoms with E-state index in [2.05, 4.69) is 4.90 Å². The second-order valence-electron chi connectivity index (χ2n) is 4.86. The molecule has 0 bridgehead atoms. The zero-order chi connectivity index (χ0) is 13.6. The number of aliphatic hydroxyl groups is 1. The van der Waals surface area contributed by atoms with Gasteiger partial charge >= 0.3 is 0 Å². The molecule has 1 saturated heterocycles. The smallest absolute Gasteiger partial charge is 0.218 e. The first-order chi connectivity index (χ1) is 8.43. The fourth-order valence-electron chi connectivity index (χ4n) is 2.13. The summed E-state index contributed by atoms with van der Waals surface area (Å²) in [6.07, 6.45) is 1.88. The SMILES string of the molecule is NC(=O)CCS(=O)(=O)CCN1CCCC(CO)C1. The molecule has 1 heterocycles. The lowest BCUT2D eigenvalue weighted by atomic mass is 9.99. The molecule has 0 spiro atoms. The third-order valence-electron chi connectivity index (χ3n) is 3.24. The summed E-state index contributed by atoms with van der Waals surface area (Å²) in [5, 5.41) is 9.09. The Morgan fingerprint density at radius 3 is 2.72 bits per heavy atom. The van der Waals surface area contributed by atoms with Gasteiger partial charge in [-0.1, -0.05) is 0 Å². The van der Waals surface area contributed by atoms with Gasteiger partial charge in [0.1, 0.15) is 0 Å². The maximum Gasteiger partial charge on any atom is 0.218 e. The van der Waals surface area contributed by atoms with Crippen molar-refractivity contribution in [2.75, 3.05) is 37.7 Å². The lowest BCUT2D eigenvalue weighted by Gasteiger charge is -2.31. The molecule has 3 N–H and O–H groups in total. The summed E-state index contributed by atoms with van der Waals surface area (Å²) < 4.78 is 23.3. The van der Waals surface area contributed by atoms with E-state index in [1.807, 2.05) is 0 Å². The monoisotopic (exact) mass is 278 g/mol. The van der Waals surface area contributed by atoms with Crippen molar-refractivity contribution in [3.05, 3.63) is 0 Å². The number of amides is 1. The second-order valence-corrected chi connectivity index (χ2v) is 7.16. The van der Waals surface area contributed by atoms with Crippen LogP contribution in [-0.2, 0) is 14.6 Å². The van der Waals surface area contributed by atoms with E-state index in [1.54, 1.807) is 0 Å². The number of sulfone groups is 1. The number of carbonyl (C=O) groups is 1. The molecular formula is C11H22N2O4S. The Morgan fingerprint density at radius 2 is 2.11 bits per heavy atom. The number of rotatable bonds is 7. The molecule has 1 aliphatic heterocycles. The third kappa shape index (κ3) is 5.79. The Labute approximate surface area is 108 Å². The molecule has 0 radical (unpaired) electrons. The van der Waals surface area contributed by atoms with Crippen LogP contribution in [0.1, 0.15) is 19.3 Å². The van der Waals surface area contributed by atoms with Crippen molar-refractivity contribution in [1.82, 2.24) is 4.90 Å². The molecule has 7 heteroatoms. The number of hydrogen-bond donors (Lipinski definition) is 2. The van der Waals surface area contributed by atoms with Crippen molar-refractivity contribution >= 4 is 15.7 Å². The largest absolute Gasteiger partial charge is 0.396 e. The Hall–Kier alpha value is -0.660. The number of nitrogens with two attached hydrogens (primary N) is 1. The van der Waals surface area contributed by atoms with Crippen molar-refractivity contribution in [3.63, 3.8) is 0 Å². The number of aliphatic hydroxyl groups excluding tert-OH is 1. The number of carbonyl (C=O) groups excluding carboxylic acids is 1. The zero-order valence-electron chi connectivity index (χ0n) is 10.5. The Morgan fingerprint density at radius 1 is 1.39 bits per heavy atom. The average molecular weight is 278 g/mol. The predicted octanol–water partition coefficient (Wildman–Crippen LogP) is -1.02. The number of nitrogens with zero attached hydrogens (tertiary/aromatic N) is 1. The molecule has 1 rings (SSSR count). The minimum atomic E-state index is -3.21. The Kier molecular flexibility index (Phi) is 6.04. The fraction of sp³-hybridized carbons (Fsp3) is 0.909. The van der Waals surface area contributed by atoms with Crippen LogP contribution in [0, 0.1) is 5.92 Å². The van der Waals surface area contributed by atoms with Gasteiger partial charge in [-0.15, -0.1) is 0 Å². The van der Waals surface area contributed by atoms with Gasteiger partial charge in [0.25, 0.3) is 0 Å². The van der Waals surface area contributed by atoms with Gasteiger partial charge in [0.2, 0.25) is 5.91 Å². The molecule has 0 saturated carbocycles. The van der Waals surface area contributed by atoms with Crippen LogP contribution in [0.15, 0.2) is 0 Å². The summed E-state index contributed by atoms with van der Waals surface area (Å²) in [7, 11) is -3.21. The highest BCUT2D eigenvalue weighted by atomic mass is 32.2. The van der Waals surface area contributed by atoms with Crippen molar-refractivity contribution < 1.29 is 18.3 Å². The highest BCUT2D eigenvalue weighted by Gasteiger charge is 2.21. The lowest BCUT2D eigenvalue weighted by Crippen LogP contribution is -2.39. The normalized spacial score (nSPS) is 21.9. The van der Waals surface area contributed by atoms with Gasteiger partial charge in [0.05, 0.1) is 11.5 Å². The molecule has 1 fully saturated rings. The molecule has 0 aromatic heterocycles. The molecular weight excluding hydrogens is 256 g/mol. The van der Waals surface area contributed by atoms with Crippen LogP contribution < -0.4 is 5.73 Å². The molecule has 0 aromatic rings. The summed E-state index contributed by atoms with van der Waals surface area (Å²) in [6.45, 7) is 2.26. The van der Waals surface area contributed by atoms with E-state index in [1.165, 1.54) is 0 Å². The van der Waals surface area contributed by atoms with Gasteiger partial charge in [-0.05, 0) is 25.3 Å². The molecule has 1 aliphatic rings. The van der Waals surface area contributed by atoms with Crippen LogP contribution in [0.2, 0.25) is 0 Å². The average Bonchev–Trinajstić information content (AvgIpc) is 2.35. The van der Waals surface area contributed by atoms with Gasteiger partial charge in [-0.3, -0.25) is 4.79 Å². The van der Waals surface area contributed by atoms with E-state index in [9.17, 15) is 13.2 Å². The van der Waals surface area contributed by atoms with Crippen LogP contribution in [0.5, 0.6) is 0 Å². The van der Waals surface area contributed by atoms with Crippen molar-refractivity contribution in [3.8, 4) is 0 Å². The molecule has 0 aliphatic carbocycles. The highest BCUT2D eigenvalue weighted by molar-refractivity contribution is 7.91. The molecule has 0 aromatic carbocycles. The van der Waals surface area contributed by atoms with Crippen LogP contribution in [-0.4, -0.2) is 62.1 Å². The van der Waals surface area contributed by atoms with Crippen molar-refractivity contribution in [2.24, 2.45) is 11.7 Å². The van der Waals surface area contributed by atoms with E-state index < -0.39 is 15.7 Å². The van der Waals surface area contributed by atoms with E-state index >= 15 is 0 Å². The van der Waals surface area contributed by atoms with Crippen LogP contribution >= 0.6 is 0 Å². The Balaban J connectivity index is 2.32. The van der Waals surface area contributed by atoms with Crippen LogP contribution in [0.25, 0.3) is 0 Å². The zero-order valence-corrected chi connectivity index (χ0v) is 11.4.